The Morgan fingerprint density at radius 2 is 2.20 bits per heavy atom. The fourth-order valence-electron chi connectivity index (χ4n) is 2.58. The molecule has 1 saturated heterocycles. The van der Waals surface area contributed by atoms with E-state index in [1.54, 1.807) is 7.11 Å². The lowest BCUT2D eigenvalue weighted by molar-refractivity contribution is -0.143. The molecule has 0 aliphatic carbocycles. The zero-order valence-electron chi connectivity index (χ0n) is 12.2. The van der Waals surface area contributed by atoms with Crippen LogP contribution in [0.15, 0.2) is 30.3 Å². The number of likely N-dealkylation sites (N-methyl/N-ethyl adjacent to an activating group) is 1. The van der Waals surface area contributed by atoms with Gasteiger partial charge in [-0.1, -0.05) is 30.3 Å². The number of rotatable bonds is 6. The third-order valence-electron chi connectivity index (χ3n) is 3.70. The highest BCUT2D eigenvalue weighted by molar-refractivity contribution is 5.82. The molecule has 0 radical (unpaired) electrons. The number of hydrogen-bond acceptors (Lipinski definition) is 3. The quantitative estimate of drug-likeness (QED) is 0.801. The van der Waals surface area contributed by atoms with E-state index in [0.717, 1.165) is 25.0 Å². The number of carbonyl (C=O) groups excluding carboxylic acids is 1. The lowest BCUT2D eigenvalue weighted by Crippen LogP contribution is -2.40. The van der Waals surface area contributed by atoms with E-state index in [4.69, 9.17) is 9.47 Å². The van der Waals surface area contributed by atoms with Crippen molar-refractivity contribution in [1.82, 2.24) is 4.90 Å². The van der Waals surface area contributed by atoms with Gasteiger partial charge in [0.25, 0.3) is 5.91 Å². The molecule has 0 N–H and O–H groups in total. The Bertz CT molecular complexity index is 415. The number of nitrogens with zero attached hydrogens (tertiary/aromatic N) is 1. The summed E-state index contributed by atoms with van der Waals surface area (Å²) in [5.41, 5.74) is 0.894. The highest BCUT2D eigenvalue weighted by Crippen LogP contribution is 2.21. The summed E-state index contributed by atoms with van der Waals surface area (Å²) in [6.45, 7) is 4.13. The molecule has 2 rings (SSSR count). The molecule has 1 aliphatic rings. The second-order valence-corrected chi connectivity index (χ2v) is 5.04. The van der Waals surface area contributed by atoms with Gasteiger partial charge in [0.2, 0.25) is 0 Å². The lowest BCUT2D eigenvalue weighted by atomic mass is 10.1. The van der Waals surface area contributed by atoms with E-state index in [-0.39, 0.29) is 12.0 Å². The van der Waals surface area contributed by atoms with Crippen molar-refractivity contribution in [3.05, 3.63) is 35.9 Å². The van der Waals surface area contributed by atoms with Gasteiger partial charge in [-0.05, 0) is 25.3 Å². The van der Waals surface area contributed by atoms with Crippen LogP contribution in [0.4, 0.5) is 0 Å². The minimum absolute atomic E-state index is 0.0108. The predicted octanol–water partition coefficient (Wildman–Crippen LogP) is 2.40. The summed E-state index contributed by atoms with van der Waals surface area (Å²) in [7, 11) is 1.58. The van der Waals surface area contributed by atoms with E-state index in [2.05, 4.69) is 0 Å². The molecule has 1 aliphatic heterocycles. The Balaban J connectivity index is 2.05. The highest BCUT2D eigenvalue weighted by atomic mass is 16.5. The van der Waals surface area contributed by atoms with Crippen LogP contribution in [0.5, 0.6) is 0 Å². The monoisotopic (exact) mass is 277 g/mol. The standard InChI is InChI=1S/C16H23NO3/c1-3-17(12-14-10-7-11-20-14)16(18)15(19-2)13-8-5-4-6-9-13/h4-6,8-9,14-15H,3,7,10-12H2,1-2H3/t14?,15-/m1/s1. The fraction of sp³-hybridized carbons (Fsp3) is 0.562. The third kappa shape index (κ3) is 3.58. The van der Waals surface area contributed by atoms with Gasteiger partial charge in [-0.15, -0.1) is 0 Å². The first kappa shape index (κ1) is 15.0. The van der Waals surface area contributed by atoms with Crippen molar-refractivity contribution >= 4 is 5.91 Å². The minimum atomic E-state index is -0.530. The van der Waals surface area contributed by atoms with E-state index in [1.807, 2.05) is 42.2 Å². The maximum absolute atomic E-state index is 12.6. The van der Waals surface area contributed by atoms with Crippen LogP contribution in [0.2, 0.25) is 0 Å². The first-order valence-corrected chi connectivity index (χ1v) is 7.24. The Morgan fingerprint density at radius 3 is 2.75 bits per heavy atom. The first-order valence-electron chi connectivity index (χ1n) is 7.24. The van der Waals surface area contributed by atoms with Crippen molar-refractivity contribution < 1.29 is 14.3 Å². The van der Waals surface area contributed by atoms with Gasteiger partial charge in [0, 0.05) is 26.8 Å². The maximum atomic E-state index is 12.6. The molecular weight excluding hydrogens is 254 g/mol. The molecular formula is C16H23NO3. The lowest BCUT2D eigenvalue weighted by Gasteiger charge is -2.27. The molecule has 0 saturated carbocycles. The molecule has 1 unspecified atom stereocenters. The minimum Gasteiger partial charge on any atom is -0.376 e. The molecule has 0 spiro atoms. The molecule has 20 heavy (non-hydrogen) atoms. The molecule has 1 aromatic rings. The van der Waals surface area contributed by atoms with Crippen molar-refractivity contribution in [2.24, 2.45) is 0 Å². The molecule has 1 amide bonds. The van der Waals surface area contributed by atoms with Crippen LogP contribution in [0, 0.1) is 0 Å². The predicted molar refractivity (Wildman–Crippen MR) is 77.4 cm³/mol. The molecule has 1 heterocycles. The van der Waals surface area contributed by atoms with E-state index in [9.17, 15) is 4.79 Å². The largest absolute Gasteiger partial charge is 0.376 e. The zero-order valence-corrected chi connectivity index (χ0v) is 12.2. The van der Waals surface area contributed by atoms with Crippen molar-refractivity contribution in [2.75, 3.05) is 26.8 Å². The van der Waals surface area contributed by atoms with Crippen molar-refractivity contribution in [3.8, 4) is 0 Å². The van der Waals surface area contributed by atoms with Crippen LogP contribution in [-0.2, 0) is 14.3 Å². The van der Waals surface area contributed by atoms with Gasteiger partial charge < -0.3 is 14.4 Å². The van der Waals surface area contributed by atoms with Crippen LogP contribution >= 0.6 is 0 Å². The van der Waals surface area contributed by atoms with Crippen LogP contribution in [-0.4, -0.2) is 43.7 Å². The number of amides is 1. The highest BCUT2D eigenvalue weighted by Gasteiger charge is 2.27. The Hall–Kier alpha value is -1.39. The summed E-state index contributed by atoms with van der Waals surface area (Å²) in [5.74, 6) is 0.0108. The van der Waals surface area contributed by atoms with Gasteiger partial charge >= 0.3 is 0 Å². The summed E-state index contributed by atoms with van der Waals surface area (Å²) < 4.78 is 11.0. The van der Waals surface area contributed by atoms with Crippen molar-refractivity contribution in [3.63, 3.8) is 0 Å². The van der Waals surface area contributed by atoms with E-state index in [1.165, 1.54) is 0 Å². The average Bonchev–Trinajstić information content (AvgIpc) is 2.99. The third-order valence-corrected chi connectivity index (χ3v) is 3.70. The SMILES string of the molecule is CCN(CC1CCCO1)C(=O)[C@H](OC)c1ccccc1. The zero-order chi connectivity index (χ0) is 14.4. The molecule has 2 atom stereocenters. The summed E-state index contributed by atoms with van der Waals surface area (Å²) in [4.78, 5) is 14.5. The van der Waals surface area contributed by atoms with Crippen molar-refractivity contribution in [1.29, 1.82) is 0 Å². The Morgan fingerprint density at radius 1 is 1.45 bits per heavy atom. The molecule has 4 heteroatoms. The summed E-state index contributed by atoms with van der Waals surface area (Å²) in [6.07, 6.45) is 1.76. The second kappa shape index (κ2) is 7.41. The van der Waals surface area contributed by atoms with Gasteiger partial charge in [-0.2, -0.15) is 0 Å². The first-order chi connectivity index (χ1) is 9.76. The number of hydrogen-bond donors (Lipinski definition) is 0. The second-order valence-electron chi connectivity index (χ2n) is 5.04. The molecule has 1 aromatic carbocycles. The topological polar surface area (TPSA) is 38.8 Å². The summed E-state index contributed by atoms with van der Waals surface area (Å²) >= 11 is 0. The summed E-state index contributed by atoms with van der Waals surface area (Å²) in [6, 6.07) is 9.62. The smallest absolute Gasteiger partial charge is 0.256 e. The van der Waals surface area contributed by atoms with Crippen LogP contribution in [0.1, 0.15) is 31.4 Å². The average molecular weight is 277 g/mol. The van der Waals surface area contributed by atoms with E-state index < -0.39 is 6.10 Å². The van der Waals surface area contributed by atoms with Gasteiger partial charge in [0.05, 0.1) is 6.10 Å². The van der Waals surface area contributed by atoms with Gasteiger partial charge in [0.15, 0.2) is 6.10 Å². The molecule has 110 valence electrons. The van der Waals surface area contributed by atoms with Crippen molar-refractivity contribution in [2.45, 2.75) is 32.0 Å². The van der Waals surface area contributed by atoms with Gasteiger partial charge in [0.1, 0.15) is 0 Å². The number of carbonyl (C=O) groups is 1. The number of ether oxygens (including phenoxy) is 2. The summed E-state index contributed by atoms with van der Waals surface area (Å²) in [5, 5.41) is 0. The fourth-order valence-corrected chi connectivity index (χ4v) is 2.58. The molecule has 0 aromatic heterocycles. The Labute approximate surface area is 120 Å². The van der Waals surface area contributed by atoms with Crippen LogP contribution in [0.3, 0.4) is 0 Å². The molecule has 0 bridgehead atoms. The number of benzene rings is 1. The Kier molecular flexibility index (Phi) is 5.56. The normalized spacial score (nSPS) is 19.8. The van der Waals surface area contributed by atoms with Crippen LogP contribution in [0.25, 0.3) is 0 Å². The number of methoxy groups -OCH3 is 1. The van der Waals surface area contributed by atoms with E-state index >= 15 is 0 Å². The molecule has 1 fully saturated rings. The van der Waals surface area contributed by atoms with Gasteiger partial charge in [-0.25, -0.2) is 0 Å². The molecule has 4 nitrogen and oxygen atoms in total. The van der Waals surface area contributed by atoms with Gasteiger partial charge in [-0.3, -0.25) is 4.79 Å². The van der Waals surface area contributed by atoms with Crippen LogP contribution < -0.4 is 0 Å². The maximum Gasteiger partial charge on any atom is 0.256 e. The van der Waals surface area contributed by atoms with E-state index in [0.29, 0.717) is 13.1 Å².